The smallest absolute Gasteiger partial charge is 0.199 e. The molecule has 0 aliphatic heterocycles. The van der Waals surface area contributed by atoms with E-state index in [1.54, 1.807) is 12.4 Å². The Balaban J connectivity index is 2.52. The van der Waals surface area contributed by atoms with E-state index >= 15 is 0 Å². The summed E-state index contributed by atoms with van der Waals surface area (Å²) in [7, 11) is 0. The maximum atomic E-state index is 5.86. The van der Waals surface area contributed by atoms with Crippen LogP contribution in [-0.2, 0) is 6.42 Å². The Morgan fingerprint density at radius 1 is 1.06 bits per heavy atom. The van der Waals surface area contributed by atoms with E-state index in [2.05, 4.69) is 19.9 Å². The van der Waals surface area contributed by atoms with Gasteiger partial charge in [-0.3, -0.25) is 0 Å². The molecule has 5 nitrogen and oxygen atoms in total. The number of aromatic nitrogens is 4. The fourth-order valence-corrected chi connectivity index (χ4v) is 1.53. The van der Waals surface area contributed by atoms with E-state index in [9.17, 15) is 0 Å². The van der Waals surface area contributed by atoms with E-state index in [0.29, 0.717) is 17.5 Å². The number of hydrogen-bond acceptors (Lipinski definition) is 5. The Bertz CT molecular complexity index is 533. The molecule has 17 heavy (non-hydrogen) atoms. The van der Waals surface area contributed by atoms with Crippen molar-refractivity contribution in [1.82, 2.24) is 19.9 Å². The first-order chi connectivity index (χ1) is 8.11. The van der Waals surface area contributed by atoms with Gasteiger partial charge in [-0.1, -0.05) is 6.92 Å². The molecule has 2 aromatic rings. The molecule has 0 fully saturated rings. The predicted molar refractivity (Wildman–Crippen MR) is 66.3 cm³/mol. The summed E-state index contributed by atoms with van der Waals surface area (Å²) < 4.78 is 0. The average Bonchev–Trinajstić information content (AvgIpc) is 2.33. The van der Waals surface area contributed by atoms with Crippen molar-refractivity contribution in [3.05, 3.63) is 29.2 Å². The van der Waals surface area contributed by atoms with Crippen molar-refractivity contribution < 1.29 is 0 Å². The number of aryl methyl sites for hydroxylation is 2. The Morgan fingerprint density at radius 3 is 2.29 bits per heavy atom. The van der Waals surface area contributed by atoms with Gasteiger partial charge < -0.3 is 5.73 Å². The number of anilines is 1. The summed E-state index contributed by atoms with van der Waals surface area (Å²) >= 11 is 0. The minimum absolute atomic E-state index is 0.491. The third kappa shape index (κ3) is 2.22. The van der Waals surface area contributed by atoms with Crippen molar-refractivity contribution in [1.29, 1.82) is 0 Å². The molecule has 0 amide bonds. The zero-order valence-corrected chi connectivity index (χ0v) is 10.2. The molecule has 2 heterocycles. The summed E-state index contributed by atoms with van der Waals surface area (Å²) in [6, 6.07) is 0. The number of nitrogens with two attached hydrogens (primary N) is 1. The topological polar surface area (TPSA) is 77.6 Å². The van der Waals surface area contributed by atoms with Gasteiger partial charge in [-0.15, -0.1) is 0 Å². The highest BCUT2D eigenvalue weighted by Gasteiger charge is 2.10. The fraction of sp³-hybridized carbons (Fsp3) is 0.333. The van der Waals surface area contributed by atoms with Gasteiger partial charge in [0.15, 0.2) is 11.6 Å². The summed E-state index contributed by atoms with van der Waals surface area (Å²) in [5.41, 5.74) is 8.74. The lowest BCUT2D eigenvalue weighted by Crippen LogP contribution is -2.05. The van der Waals surface area contributed by atoms with Crippen LogP contribution in [-0.4, -0.2) is 19.9 Å². The van der Waals surface area contributed by atoms with Gasteiger partial charge in [0.05, 0.1) is 0 Å². The van der Waals surface area contributed by atoms with Crippen LogP contribution < -0.4 is 5.73 Å². The molecule has 88 valence electrons. The first-order valence-electron chi connectivity index (χ1n) is 5.53. The molecule has 0 radical (unpaired) electrons. The summed E-state index contributed by atoms with van der Waals surface area (Å²) in [5, 5.41) is 0. The van der Waals surface area contributed by atoms with Crippen LogP contribution in [0.4, 0.5) is 5.82 Å². The van der Waals surface area contributed by atoms with E-state index in [1.807, 2.05) is 20.8 Å². The quantitative estimate of drug-likeness (QED) is 0.848. The van der Waals surface area contributed by atoms with E-state index in [-0.39, 0.29) is 0 Å². The molecule has 2 aromatic heterocycles. The van der Waals surface area contributed by atoms with E-state index in [1.165, 1.54) is 0 Å². The molecule has 0 saturated heterocycles. The van der Waals surface area contributed by atoms with Crippen molar-refractivity contribution in [2.75, 3.05) is 5.73 Å². The van der Waals surface area contributed by atoms with Gasteiger partial charge in [0, 0.05) is 23.7 Å². The Labute approximate surface area is 100 Å². The number of nitrogens with zero attached hydrogens (tertiary/aromatic N) is 4. The van der Waals surface area contributed by atoms with Crippen molar-refractivity contribution in [3.63, 3.8) is 0 Å². The molecule has 2 rings (SSSR count). The summed E-state index contributed by atoms with van der Waals surface area (Å²) in [4.78, 5) is 17.1. The molecule has 0 saturated carbocycles. The zero-order valence-electron chi connectivity index (χ0n) is 10.2. The zero-order chi connectivity index (χ0) is 12.4. The van der Waals surface area contributed by atoms with Gasteiger partial charge in [0.25, 0.3) is 0 Å². The molecule has 0 spiro atoms. The third-order valence-electron chi connectivity index (χ3n) is 2.60. The maximum absolute atomic E-state index is 5.86. The Morgan fingerprint density at radius 2 is 1.71 bits per heavy atom. The molecular formula is C12H15N5. The molecule has 0 unspecified atom stereocenters. The van der Waals surface area contributed by atoms with Gasteiger partial charge >= 0.3 is 0 Å². The lowest BCUT2D eigenvalue weighted by molar-refractivity contribution is 0.963. The highest BCUT2D eigenvalue weighted by molar-refractivity contribution is 5.51. The van der Waals surface area contributed by atoms with Crippen LogP contribution in [0.3, 0.4) is 0 Å². The molecule has 0 aliphatic carbocycles. The molecule has 0 atom stereocenters. The summed E-state index contributed by atoms with van der Waals surface area (Å²) in [5.74, 6) is 1.50. The van der Waals surface area contributed by atoms with Crippen LogP contribution >= 0.6 is 0 Å². The monoisotopic (exact) mass is 229 g/mol. The SMILES string of the molecule is CCc1nc(-c2ncc(C)cn2)nc(N)c1C. The van der Waals surface area contributed by atoms with Crippen molar-refractivity contribution in [3.8, 4) is 11.6 Å². The molecular weight excluding hydrogens is 214 g/mol. The van der Waals surface area contributed by atoms with Gasteiger partial charge in [0.1, 0.15) is 5.82 Å². The first-order valence-corrected chi connectivity index (χ1v) is 5.53. The molecule has 0 aliphatic rings. The van der Waals surface area contributed by atoms with E-state index in [0.717, 1.165) is 23.2 Å². The highest BCUT2D eigenvalue weighted by atomic mass is 15.0. The van der Waals surface area contributed by atoms with Crippen LogP contribution in [0.15, 0.2) is 12.4 Å². The fourth-order valence-electron chi connectivity index (χ4n) is 1.53. The van der Waals surface area contributed by atoms with Crippen molar-refractivity contribution in [2.24, 2.45) is 0 Å². The number of hydrogen-bond donors (Lipinski definition) is 1. The second-order valence-corrected chi connectivity index (χ2v) is 3.94. The lowest BCUT2D eigenvalue weighted by atomic mass is 10.2. The molecule has 5 heteroatoms. The van der Waals surface area contributed by atoms with Crippen LogP contribution in [0.25, 0.3) is 11.6 Å². The average molecular weight is 229 g/mol. The summed E-state index contributed by atoms with van der Waals surface area (Å²) in [6.07, 6.45) is 4.30. The van der Waals surface area contributed by atoms with Gasteiger partial charge in [-0.2, -0.15) is 0 Å². The third-order valence-corrected chi connectivity index (χ3v) is 2.60. The van der Waals surface area contributed by atoms with Gasteiger partial charge in [-0.25, -0.2) is 19.9 Å². The van der Waals surface area contributed by atoms with Crippen LogP contribution in [0.5, 0.6) is 0 Å². The highest BCUT2D eigenvalue weighted by Crippen LogP contribution is 2.17. The van der Waals surface area contributed by atoms with E-state index < -0.39 is 0 Å². The lowest BCUT2D eigenvalue weighted by Gasteiger charge is -2.07. The van der Waals surface area contributed by atoms with Gasteiger partial charge in [-0.05, 0) is 25.8 Å². The number of rotatable bonds is 2. The van der Waals surface area contributed by atoms with Crippen LogP contribution in [0.1, 0.15) is 23.7 Å². The van der Waals surface area contributed by atoms with Crippen molar-refractivity contribution in [2.45, 2.75) is 27.2 Å². The Hall–Kier alpha value is -2.04. The predicted octanol–water partition coefficient (Wildman–Crippen LogP) is 1.70. The van der Waals surface area contributed by atoms with Crippen molar-refractivity contribution >= 4 is 5.82 Å². The maximum Gasteiger partial charge on any atom is 0.199 e. The van der Waals surface area contributed by atoms with Crippen LogP contribution in [0, 0.1) is 13.8 Å². The number of nitrogen functional groups attached to an aromatic ring is 1. The standard InChI is InChI=1S/C12H15N5/c1-4-9-8(3)10(13)17-12(16-9)11-14-5-7(2)6-15-11/h5-6H,4H2,1-3H3,(H2,13,16,17). The second kappa shape index (κ2) is 4.45. The molecule has 2 N–H and O–H groups in total. The van der Waals surface area contributed by atoms with Gasteiger partial charge in [0.2, 0.25) is 0 Å². The molecule has 0 aromatic carbocycles. The van der Waals surface area contributed by atoms with E-state index in [4.69, 9.17) is 5.73 Å². The normalized spacial score (nSPS) is 10.5. The Kier molecular flexibility index (Phi) is 2.99. The minimum Gasteiger partial charge on any atom is -0.383 e. The first kappa shape index (κ1) is 11.4. The molecule has 0 bridgehead atoms. The second-order valence-electron chi connectivity index (χ2n) is 3.94. The van der Waals surface area contributed by atoms with Crippen LogP contribution in [0.2, 0.25) is 0 Å². The summed E-state index contributed by atoms with van der Waals surface area (Å²) in [6.45, 7) is 5.90. The largest absolute Gasteiger partial charge is 0.383 e. The minimum atomic E-state index is 0.491.